The Kier molecular flexibility index (Phi) is 5.54. The monoisotopic (exact) mass is 254 g/mol. The average Bonchev–Trinajstić information content (AvgIpc) is 2.34. The Morgan fingerprint density at radius 2 is 2.17 bits per heavy atom. The lowest BCUT2D eigenvalue weighted by Crippen LogP contribution is -2.15. The fraction of sp³-hybridized carbons (Fsp3) is 0.500. The van der Waals surface area contributed by atoms with Gasteiger partial charge < -0.3 is 14.7 Å². The van der Waals surface area contributed by atoms with Crippen LogP contribution in [0.2, 0.25) is 0 Å². The predicted octanol–water partition coefficient (Wildman–Crippen LogP) is 1.42. The quantitative estimate of drug-likeness (QED) is 0.452. The summed E-state index contributed by atoms with van der Waals surface area (Å²) in [7, 11) is 3.93. The largest absolute Gasteiger partial charge is 0.493 e. The topological polar surface area (TPSA) is 75.8 Å². The van der Waals surface area contributed by atoms with Gasteiger partial charge in [0.15, 0.2) is 0 Å². The summed E-state index contributed by atoms with van der Waals surface area (Å²) in [5.74, 6) is 0.380. The molecule has 100 valence electrons. The zero-order chi connectivity index (χ0) is 13.5. The van der Waals surface area contributed by atoms with Gasteiger partial charge >= 0.3 is 0 Å². The van der Waals surface area contributed by atoms with Crippen LogP contribution >= 0.6 is 0 Å². The van der Waals surface area contributed by atoms with Gasteiger partial charge in [0.1, 0.15) is 5.75 Å². The lowest BCUT2D eigenvalue weighted by atomic mass is 10.2. The average molecular weight is 254 g/mol. The Hall–Kier alpha value is -1.66. The fourth-order valence-corrected chi connectivity index (χ4v) is 1.48. The highest BCUT2D eigenvalue weighted by Crippen LogP contribution is 2.24. The Morgan fingerprint density at radius 1 is 1.44 bits per heavy atom. The molecule has 0 heterocycles. The minimum Gasteiger partial charge on any atom is -0.493 e. The zero-order valence-electron chi connectivity index (χ0n) is 10.6. The second kappa shape index (κ2) is 6.93. The summed E-state index contributed by atoms with van der Waals surface area (Å²) in [6, 6.07) is 4.22. The highest BCUT2D eigenvalue weighted by Gasteiger charge is 2.11. The SMILES string of the molecule is CN(C)CCCOc1cc([N+](=O)[O-])ccc1CO. The Bertz CT molecular complexity index is 407. The van der Waals surface area contributed by atoms with Gasteiger partial charge in [0.25, 0.3) is 5.69 Å². The first kappa shape index (κ1) is 14.4. The van der Waals surface area contributed by atoms with E-state index in [2.05, 4.69) is 0 Å². The molecule has 0 saturated heterocycles. The maximum absolute atomic E-state index is 10.7. The lowest BCUT2D eigenvalue weighted by molar-refractivity contribution is -0.385. The van der Waals surface area contributed by atoms with Crippen LogP contribution in [-0.2, 0) is 6.61 Å². The summed E-state index contributed by atoms with van der Waals surface area (Å²) < 4.78 is 5.48. The van der Waals surface area contributed by atoms with Crippen molar-refractivity contribution in [2.45, 2.75) is 13.0 Å². The smallest absolute Gasteiger partial charge is 0.273 e. The molecular formula is C12H18N2O4. The highest BCUT2D eigenvalue weighted by atomic mass is 16.6. The van der Waals surface area contributed by atoms with Crippen molar-refractivity contribution in [2.24, 2.45) is 0 Å². The molecular weight excluding hydrogens is 236 g/mol. The van der Waals surface area contributed by atoms with Gasteiger partial charge in [-0.05, 0) is 26.6 Å². The third kappa shape index (κ3) is 4.31. The maximum atomic E-state index is 10.7. The van der Waals surface area contributed by atoms with Gasteiger partial charge in [-0.2, -0.15) is 0 Å². The summed E-state index contributed by atoms with van der Waals surface area (Å²) in [5.41, 5.74) is 0.528. The fourth-order valence-electron chi connectivity index (χ4n) is 1.48. The number of aliphatic hydroxyl groups is 1. The maximum Gasteiger partial charge on any atom is 0.273 e. The van der Waals surface area contributed by atoms with Crippen LogP contribution in [0.4, 0.5) is 5.69 Å². The molecule has 6 heteroatoms. The van der Waals surface area contributed by atoms with Gasteiger partial charge in [-0.3, -0.25) is 10.1 Å². The van der Waals surface area contributed by atoms with E-state index in [9.17, 15) is 10.1 Å². The summed E-state index contributed by atoms with van der Waals surface area (Å²) >= 11 is 0. The Balaban J connectivity index is 2.66. The molecule has 0 aliphatic rings. The first-order valence-corrected chi connectivity index (χ1v) is 5.70. The van der Waals surface area contributed by atoms with Gasteiger partial charge in [0, 0.05) is 18.2 Å². The molecule has 18 heavy (non-hydrogen) atoms. The summed E-state index contributed by atoms with van der Waals surface area (Å²) in [4.78, 5) is 12.2. The zero-order valence-corrected chi connectivity index (χ0v) is 10.6. The number of hydrogen-bond donors (Lipinski definition) is 1. The summed E-state index contributed by atoms with van der Waals surface area (Å²) in [6.45, 7) is 1.15. The summed E-state index contributed by atoms with van der Waals surface area (Å²) in [6.07, 6.45) is 0.820. The van der Waals surface area contributed by atoms with Crippen LogP contribution in [0, 0.1) is 10.1 Å². The van der Waals surface area contributed by atoms with Crippen molar-refractivity contribution in [1.29, 1.82) is 0 Å². The van der Waals surface area contributed by atoms with Crippen LogP contribution < -0.4 is 4.74 Å². The van der Waals surface area contributed by atoms with Crippen LogP contribution in [0.15, 0.2) is 18.2 Å². The van der Waals surface area contributed by atoms with E-state index in [4.69, 9.17) is 9.84 Å². The molecule has 0 aliphatic carbocycles. The molecule has 0 fully saturated rings. The Morgan fingerprint density at radius 3 is 2.72 bits per heavy atom. The van der Waals surface area contributed by atoms with E-state index in [1.165, 1.54) is 18.2 Å². The number of nitro benzene ring substituents is 1. The second-order valence-corrected chi connectivity index (χ2v) is 4.21. The number of nitrogens with zero attached hydrogens (tertiary/aromatic N) is 2. The van der Waals surface area contributed by atoms with E-state index < -0.39 is 4.92 Å². The molecule has 0 bridgehead atoms. The van der Waals surface area contributed by atoms with E-state index in [0.29, 0.717) is 17.9 Å². The normalized spacial score (nSPS) is 10.7. The minimum atomic E-state index is -0.478. The van der Waals surface area contributed by atoms with E-state index in [1.54, 1.807) is 0 Å². The van der Waals surface area contributed by atoms with Crippen LogP contribution in [-0.4, -0.2) is 42.2 Å². The van der Waals surface area contributed by atoms with Crippen molar-refractivity contribution in [3.05, 3.63) is 33.9 Å². The molecule has 0 saturated carbocycles. The van der Waals surface area contributed by atoms with Crippen LogP contribution in [0.5, 0.6) is 5.75 Å². The highest BCUT2D eigenvalue weighted by molar-refractivity contribution is 5.44. The van der Waals surface area contributed by atoms with E-state index >= 15 is 0 Å². The molecule has 0 unspecified atom stereocenters. The summed E-state index contributed by atoms with van der Waals surface area (Å²) in [5, 5.41) is 19.8. The predicted molar refractivity (Wildman–Crippen MR) is 67.7 cm³/mol. The second-order valence-electron chi connectivity index (χ2n) is 4.21. The van der Waals surface area contributed by atoms with E-state index in [1.807, 2.05) is 19.0 Å². The van der Waals surface area contributed by atoms with Crippen molar-refractivity contribution in [2.75, 3.05) is 27.2 Å². The van der Waals surface area contributed by atoms with Gasteiger partial charge in [-0.25, -0.2) is 0 Å². The van der Waals surface area contributed by atoms with Crippen molar-refractivity contribution < 1.29 is 14.8 Å². The van der Waals surface area contributed by atoms with Crippen molar-refractivity contribution in [3.8, 4) is 5.75 Å². The number of rotatable bonds is 7. The van der Waals surface area contributed by atoms with E-state index in [0.717, 1.165) is 13.0 Å². The lowest BCUT2D eigenvalue weighted by Gasteiger charge is -2.12. The first-order chi connectivity index (χ1) is 8.54. The number of non-ortho nitro benzene ring substituents is 1. The molecule has 0 aliphatic heterocycles. The Labute approximate surface area is 106 Å². The van der Waals surface area contributed by atoms with Crippen molar-refractivity contribution in [3.63, 3.8) is 0 Å². The number of aliphatic hydroxyl groups excluding tert-OH is 1. The third-order valence-corrected chi connectivity index (χ3v) is 2.44. The van der Waals surface area contributed by atoms with Gasteiger partial charge in [-0.1, -0.05) is 0 Å². The molecule has 1 aromatic carbocycles. The first-order valence-electron chi connectivity index (χ1n) is 5.70. The van der Waals surface area contributed by atoms with Crippen molar-refractivity contribution >= 4 is 5.69 Å². The number of ether oxygens (including phenoxy) is 1. The molecule has 0 atom stereocenters. The van der Waals surface area contributed by atoms with Gasteiger partial charge in [0.05, 0.1) is 24.2 Å². The molecule has 1 N–H and O–H groups in total. The number of benzene rings is 1. The third-order valence-electron chi connectivity index (χ3n) is 2.44. The molecule has 6 nitrogen and oxygen atoms in total. The molecule has 0 radical (unpaired) electrons. The molecule has 0 amide bonds. The van der Waals surface area contributed by atoms with Crippen LogP contribution in [0.3, 0.4) is 0 Å². The van der Waals surface area contributed by atoms with Crippen LogP contribution in [0.25, 0.3) is 0 Å². The molecule has 1 aromatic rings. The molecule has 0 spiro atoms. The molecule has 0 aromatic heterocycles. The minimum absolute atomic E-state index is 0.0326. The van der Waals surface area contributed by atoms with Gasteiger partial charge in [-0.15, -0.1) is 0 Å². The number of nitro groups is 1. The van der Waals surface area contributed by atoms with Crippen LogP contribution in [0.1, 0.15) is 12.0 Å². The standard InChI is InChI=1S/C12H18N2O4/c1-13(2)6-3-7-18-12-8-11(14(16)17)5-4-10(12)9-15/h4-5,8,15H,3,6-7,9H2,1-2H3. The van der Waals surface area contributed by atoms with E-state index in [-0.39, 0.29) is 12.3 Å². The number of hydrogen-bond acceptors (Lipinski definition) is 5. The molecule has 1 rings (SSSR count). The van der Waals surface area contributed by atoms with Gasteiger partial charge in [0.2, 0.25) is 0 Å². The van der Waals surface area contributed by atoms with Crippen molar-refractivity contribution in [1.82, 2.24) is 4.90 Å².